The van der Waals surface area contributed by atoms with Crippen molar-refractivity contribution in [3.8, 4) is 0 Å². The van der Waals surface area contributed by atoms with E-state index in [1.54, 1.807) is 0 Å². The molecule has 0 aromatic heterocycles. The van der Waals surface area contributed by atoms with Gasteiger partial charge in [0.1, 0.15) is 6.04 Å². The molecule has 25 heavy (non-hydrogen) atoms. The van der Waals surface area contributed by atoms with Crippen molar-refractivity contribution in [3.05, 3.63) is 83.9 Å². The van der Waals surface area contributed by atoms with Crippen molar-refractivity contribution in [1.82, 2.24) is 5.32 Å². The summed E-state index contributed by atoms with van der Waals surface area (Å²) in [4.78, 5) is 25.0. The summed E-state index contributed by atoms with van der Waals surface area (Å²) in [7, 11) is 1.31. The third-order valence-corrected chi connectivity index (χ3v) is 3.88. The summed E-state index contributed by atoms with van der Waals surface area (Å²) in [6, 6.07) is 18.3. The summed E-state index contributed by atoms with van der Waals surface area (Å²) >= 11 is 0. The van der Waals surface area contributed by atoms with Gasteiger partial charge in [-0.15, -0.1) is 6.58 Å². The van der Waals surface area contributed by atoms with E-state index in [1.807, 2.05) is 67.6 Å². The van der Waals surface area contributed by atoms with Gasteiger partial charge in [-0.2, -0.15) is 0 Å². The smallest absolute Gasteiger partial charge is 0.328 e. The molecule has 1 amide bonds. The molecule has 4 nitrogen and oxygen atoms in total. The Morgan fingerprint density at radius 3 is 1.88 bits per heavy atom. The second-order valence-corrected chi connectivity index (χ2v) is 6.00. The number of carbonyl (C=O) groups excluding carboxylic acids is 2. The predicted molar refractivity (Wildman–Crippen MR) is 98.1 cm³/mol. The fraction of sp³-hybridized carbons (Fsp3) is 0.238. The molecule has 0 aliphatic heterocycles. The Morgan fingerprint density at radius 2 is 1.48 bits per heavy atom. The molecule has 130 valence electrons. The van der Waals surface area contributed by atoms with Gasteiger partial charge in [0, 0.05) is 0 Å². The summed E-state index contributed by atoms with van der Waals surface area (Å²) < 4.78 is 4.81. The van der Waals surface area contributed by atoms with Gasteiger partial charge in [-0.3, -0.25) is 4.79 Å². The van der Waals surface area contributed by atoms with Crippen LogP contribution in [0.2, 0.25) is 0 Å². The maximum absolute atomic E-state index is 13.0. The first-order valence-electron chi connectivity index (χ1n) is 8.15. The van der Waals surface area contributed by atoms with Crippen LogP contribution in [-0.4, -0.2) is 25.0 Å². The van der Waals surface area contributed by atoms with E-state index in [9.17, 15) is 9.59 Å². The minimum absolute atomic E-state index is 0.242. The zero-order chi connectivity index (χ0) is 18.2. The highest BCUT2D eigenvalue weighted by Crippen LogP contribution is 2.25. The first-order chi connectivity index (χ1) is 12.0. The Hall–Kier alpha value is -2.88. The number of rotatable bonds is 7. The molecular formula is C21H23NO3. The predicted octanol–water partition coefficient (Wildman–Crippen LogP) is 3.44. The summed E-state index contributed by atoms with van der Waals surface area (Å²) in [6.45, 7) is 5.63. The first-order valence-corrected chi connectivity index (χ1v) is 8.15. The van der Waals surface area contributed by atoms with Crippen molar-refractivity contribution in [1.29, 1.82) is 0 Å². The van der Waals surface area contributed by atoms with Gasteiger partial charge in [-0.05, 0) is 24.5 Å². The molecule has 0 spiro atoms. The number of amides is 1. The van der Waals surface area contributed by atoms with Crippen LogP contribution in [-0.2, 0) is 14.3 Å². The quantitative estimate of drug-likeness (QED) is 0.622. The zero-order valence-corrected chi connectivity index (χ0v) is 14.6. The van der Waals surface area contributed by atoms with Crippen molar-refractivity contribution >= 4 is 11.9 Å². The lowest BCUT2D eigenvalue weighted by Gasteiger charge is -2.22. The van der Waals surface area contributed by atoms with Gasteiger partial charge in [0.2, 0.25) is 5.91 Å². The second kappa shape index (κ2) is 8.83. The molecule has 0 saturated heterocycles. The molecule has 0 heterocycles. The minimum Gasteiger partial charge on any atom is -0.467 e. The fourth-order valence-corrected chi connectivity index (χ4v) is 2.73. The molecule has 0 fully saturated rings. The maximum Gasteiger partial charge on any atom is 0.328 e. The monoisotopic (exact) mass is 337 g/mol. The van der Waals surface area contributed by atoms with Crippen LogP contribution >= 0.6 is 0 Å². The minimum atomic E-state index is -0.745. The van der Waals surface area contributed by atoms with E-state index in [-0.39, 0.29) is 5.91 Å². The van der Waals surface area contributed by atoms with Gasteiger partial charge in [0.05, 0.1) is 13.0 Å². The van der Waals surface area contributed by atoms with E-state index >= 15 is 0 Å². The van der Waals surface area contributed by atoms with Crippen LogP contribution < -0.4 is 5.32 Å². The van der Waals surface area contributed by atoms with Crippen LogP contribution in [0, 0.1) is 0 Å². The van der Waals surface area contributed by atoms with Crippen LogP contribution in [0.25, 0.3) is 0 Å². The average molecular weight is 337 g/mol. The Bertz CT molecular complexity index is 686. The Labute approximate surface area is 148 Å². The topological polar surface area (TPSA) is 55.4 Å². The lowest BCUT2D eigenvalue weighted by atomic mass is 9.90. The van der Waals surface area contributed by atoms with Gasteiger partial charge in [0.15, 0.2) is 0 Å². The molecule has 1 N–H and O–H groups in total. The highest BCUT2D eigenvalue weighted by atomic mass is 16.5. The van der Waals surface area contributed by atoms with E-state index in [2.05, 4.69) is 11.9 Å². The second-order valence-electron chi connectivity index (χ2n) is 6.00. The van der Waals surface area contributed by atoms with E-state index in [4.69, 9.17) is 4.74 Å². The highest BCUT2D eigenvalue weighted by molar-refractivity contribution is 5.91. The van der Waals surface area contributed by atoms with Gasteiger partial charge in [-0.25, -0.2) is 4.79 Å². The largest absolute Gasteiger partial charge is 0.467 e. The Kier molecular flexibility index (Phi) is 6.52. The number of carbonyl (C=O) groups is 2. The van der Waals surface area contributed by atoms with Crippen molar-refractivity contribution in [2.75, 3.05) is 7.11 Å². The molecule has 0 radical (unpaired) electrons. The fourth-order valence-electron chi connectivity index (χ4n) is 2.73. The van der Waals surface area contributed by atoms with Gasteiger partial charge >= 0.3 is 5.97 Å². The summed E-state index contributed by atoms with van der Waals surface area (Å²) in [5.74, 6) is -1.22. The lowest BCUT2D eigenvalue weighted by molar-refractivity contribution is -0.145. The van der Waals surface area contributed by atoms with Crippen LogP contribution in [0.3, 0.4) is 0 Å². The van der Waals surface area contributed by atoms with Gasteiger partial charge in [0.25, 0.3) is 0 Å². The number of hydrogen-bond acceptors (Lipinski definition) is 3. The summed E-state index contributed by atoms with van der Waals surface area (Å²) in [5, 5.41) is 2.82. The molecule has 0 aliphatic carbocycles. The van der Waals surface area contributed by atoms with Crippen molar-refractivity contribution in [2.45, 2.75) is 25.3 Å². The Balaban J connectivity index is 2.32. The van der Waals surface area contributed by atoms with Crippen LogP contribution in [0.1, 0.15) is 30.4 Å². The third-order valence-electron chi connectivity index (χ3n) is 3.88. The molecule has 0 saturated carbocycles. The van der Waals surface area contributed by atoms with Crippen molar-refractivity contribution in [3.63, 3.8) is 0 Å². The average Bonchev–Trinajstić information content (AvgIpc) is 2.62. The zero-order valence-electron chi connectivity index (χ0n) is 14.6. The molecule has 2 rings (SSSR count). The number of esters is 1. The number of nitrogens with one attached hydrogen (secondary N) is 1. The van der Waals surface area contributed by atoms with E-state index < -0.39 is 17.9 Å². The van der Waals surface area contributed by atoms with E-state index in [0.29, 0.717) is 6.42 Å². The molecule has 4 heteroatoms. The molecule has 0 unspecified atom stereocenters. The van der Waals surface area contributed by atoms with E-state index in [0.717, 1.165) is 16.7 Å². The Morgan fingerprint density at radius 1 is 1.00 bits per heavy atom. The number of hydrogen-bond donors (Lipinski definition) is 1. The van der Waals surface area contributed by atoms with Crippen LogP contribution in [0.4, 0.5) is 0 Å². The van der Waals surface area contributed by atoms with Crippen LogP contribution in [0.15, 0.2) is 72.8 Å². The lowest BCUT2D eigenvalue weighted by Crippen LogP contribution is -2.44. The molecule has 0 aliphatic rings. The molecular weight excluding hydrogens is 314 g/mol. The first kappa shape index (κ1) is 18.5. The molecule has 2 aromatic rings. The van der Waals surface area contributed by atoms with Gasteiger partial charge < -0.3 is 10.1 Å². The normalized spacial score (nSPS) is 11.6. The van der Waals surface area contributed by atoms with E-state index in [1.165, 1.54) is 7.11 Å². The highest BCUT2D eigenvalue weighted by Gasteiger charge is 2.28. The summed E-state index contributed by atoms with van der Waals surface area (Å²) in [6.07, 6.45) is 0.342. The molecule has 0 bridgehead atoms. The van der Waals surface area contributed by atoms with Crippen LogP contribution in [0.5, 0.6) is 0 Å². The molecule has 1 atom stereocenters. The SMILES string of the molecule is C=C(C)C[C@H](NC(=O)C(c1ccccc1)c1ccccc1)C(=O)OC. The van der Waals surface area contributed by atoms with Crippen molar-refractivity contribution < 1.29 is 14.3 Å². The number of ether oxygens (including phenoxy) is 1. The number of methoxy groups -OCH3 is 1. The third kappa shape index (κ3) is 5.05. The maximum atomic E-state index is 13.0. The standard InChI is InChI=1S/C21H23NO3/c1-15(2)14-18(21(24)25-3)22-20(23)19(16-10-6-4-7-11-16)17-12-8-5-9-13-17/h4-13,18-19H,1,14H2,2-3H3,(H,22,23)/t18-/m0/s1. The van der Waals surface area contributed by atoms with Gasteiger partial charge in [-0.1, -0.05) is 66.2 Å². The number of benzene rings is 2. The van der Waals surface area contributed by atoms with Crippen molar-refractivity contribution in [2.24, 2.45) is 0 Å². The summed E-state index contributed by atoms with van der Waals surface area (Å²) in [5.41, 5.74) is 2.53. The molecule has 2 aromatic carbocycles.